The standard InChI is InChI=1S/C14H20N2O3/c1-2-3-6-16-14(17)9-15-8-11-4-5-12-13(7-11)19-10-18-12/h4-5,7,15H,2-3,6,8-10H2,1H3,(H,16,17). The van der Waals surface area contributed by atoms with Crippen molar-refractivity contribution in [2.45, 2.75) is 26.3 Å². The summed E-state index contributed by atoms with van der Waals surface area (Å²) in [6, 6.07) is 5.79. The molecule has 2 N–H and O–H groups in total. The van der Waals surface area contributed by atoms with Gasteiger partial charge in [0.05, 0.1) is 6.54 Å². The molecule has 2 rings (SSSR count). The molecule has 0 spiro atoms. The molecule has 0 aromatic heterocycles. The Hall–Kier alpha value is -1.75. The normalized spacial score (nSPS) is 12.5. The monoisotopic (exact) mass is 264 g/mol. The van der Waals surface area contributed by atoms with Crippen LogP contribution < -0.4 is 20.1 Å². The highest BCUT2D eigenvalue weighted by Gasteiger charge is 2.12. The Bertz CT molecular complexity index is 435. The number of fused-ring (bicyclic) bond motifs is 1. The first-order chi connectivity index (χ1) is 9.29. The molecular formula is C14H20N2O3. The lowest BCUT2D eigenvalue weighted by Crippen LogP contribution is -2.34. The van der Waals surface area contributed by atoms with E-state index >= 15 is 0 Å². The molecule has 0 saturated heterocycles. The Morgan fingerprint density at radius 1 is 1.32 bits per heavy atom. The van der Waals surface area contributed by atoms with Crippen LogP contribution in [0.4, 0.5) is 0 Å². The molecule has 5 heteroatoms. The van der Waals surface area contributed by atoms with Crippen LogP contribution in [0.25, 0.3) is 0 Å². The van der Waals surface area contributed by atoms with Crippen LogP contribution in [-0.4, -0.2) is 25.8 Å². The van der Waals surface area contributed by atoms with Crippen molar-refractivity contribution in [2.24, 2.45) is 0 Å². The fourth-order valence-electron chi connectivity index (χ4n) is 1.84. The second-order valence-corrected chi connectivity index (χ2v) is 4.49. The maximum absolute atomic E-state index is 11.5. The van der Waals surface area contributed by atoms with Crippen molar-refractivity contribution < 1.29 is 14.3 Å². The molecule has 0 bridgehead atoms. The first kappa shape index (κ1) is 13.7. The fraction of sp³-hybridized carbons (Fsp3) is 0.500. The maximum atomic E-state index is 11.5. The summed E-state index contributed by atoms with van der Waals surface area (Å²) >= 11 is 0. The van der Waals surface area contributed by atoms with Gasteiger partial charge in [0.2, 0.25) is 12.7 Å². The minimum absolute atomic E-state index is 0.0363. The average Bonchev–Trinajstić information content (AvgIpc) is 2.86. The molecule has 0 radical (unpaired) electrons. The van der Waals surface area contributed by atoms with E-state index in [1.54, 1.807) is 0 Å². The summed E-state index contributed by atoms with van der Waals surface area (Å²) in [6.45, 7) is 4.10. The summed E-state index contributed by atoms with van der Waals surface area (Å²) in [4.78, 5) is 11.5. The van der Waals surface area contributed by atoms with E-state index in [2.05, 4.69) is 17.6 Å². The molecule has 0 aliphatic carbocycles. The maximum Gasteiger partial charge on any atom is 0.233 e. The predicted molar refractivity (Wildman–Crippen MR) is 72.2 cm³/mol. The van der Waals surface area contributed by atoms with E-state index in [-0.39, 0.29) is 12.7 Å². The Balaban J connectivity index is 1.69. The third-order valence-corrected chi connectivity index (χ3v) is 2.90. The molecular weight excluding hydrogens is 244 g/mol. The summed E-state index contributed by atoms with van der Waals surface area (Å²) in [7, 11) is 0. The molecule has 1 aromatic rings. The summed E-state index contributed by atoms with van der Waals surface area (Å²) in [5, 5.41) is 5.98. The van der Waals surface area contributed by atoms with Crippen LogP contribution >= 0.6 is 0 Å². The highest BCUT2D eigenvalue weighted by molar-refractivity contribution is 5.77. The van der Waals surface area contributed by atoms with Gasteiger partial charge >= 0.3 is 0 Å². The minimum Gasteiger partial charge on any atom is -0.454 e. The van der Waals surface area contributed by atoms with Gasteiger partial charge in [-0.05, 0) is 24.1 Å². The zero-order valence-corrected chi connectivity index (χ0v) is 11.2. The van der Waals surface area contributed by atoms with Gasteiger partial charge in [0, 0.05) is 13.1 Å². The van der Waals surface area contributed by atoms with Crippen LogP contribution in [-0.2, 0) is 11.3 Å². The van der Waals surface area contributed by atoms with Crippen molar-refractivity contribution >= 4 is 5.91 Å². The second-order valence-electron chi connectivity index (χ2n) is 4.49. The molecule has 0 atom stereocenters. The number of ether oxygens (including phenoxy) is 2. The van der Waals surface area contributed by atoms with Gasteiger partial charge < -0.3 is 20.1 Å². The van der Waals surface area contributed by atoms with E-state index in [0.29, 0.717) is 13.1 Å². The molecule has 1 amide bonds. The molecule has 1 heterocycles. The molecule has 1 aliphatic rings. The fourth-order valence-corrected chi connectivity index (χ4v) is 1.84. The third kappa shape index (κ3) is 4.13. The largest absolute Gasteiger partial charge is 0.454 e. The molecule has 19 heavy (non-hydrogen) atoms. The molecule has 5 nitrogen and oxygen atoms in total. The van der Waals surface area contributed by atoms with Crippen LogP contribution in [0.5, 0.6) is 11.5 Å². The van der Waals surface area contributed by atoms with Crippen molar-refractivity contribution in [3.05, 3.63) is 23.8 Å². The zero-order valence-electron chi connectivity index (χ0n) is 11.2. The number of amides is 1. The van der Waals surface area contributed by atoms with Crippen molar-refractivity contribution in [3.63, 3.8) is 0 Å². The Kier molecular flexibility index (Phi) is 5.03. The van der Waals surface area contributed by atoms with Crippen LogP contribution in [0.15, 0.2) is 18.2 Å². The molecule has 0 unspecified atom stereocenters. The van der Waals surface area contributed by atoms with Gasteiger partial charge in [0.15, 0.2) is 11.5 Å². The van der Waals surface area contributed by atoms with Crippen LogP contribution in [0, 0.1) is 0 Å². The highest BCUT2D eigenvalue weighted by Crippen LogP contribution is 2.32. The molecule has 1 aromatic carbocycles. The van der Waals surface area contributed by atoms with E-state index in [1.807, 2.05) is 18.2 Å². The van der Waals surface area contributed by atoms with E-state index in [4.69, 9.17) is 9.47 Å². The highest BCUT2D eigenvalue weighted by atomic mass is 16.7. The van der Waals surface area contributed by atoms with Crippen LogP contribution in [0.2, 0.25) is 0 Å². The smallest absolute Gasteiger partial charge is 0.233 e. The first-order valence-electron chi connectivity index (χ1n) is 6.65. The number of benzene rings is 1. The van der Waals surface area contributed by atoms with Gasteiger partial charge in [0.1, 0.15) is 0 Å². The van der Waals surface area contributed by atoms with Crippen molar-refractivity contribution in [1.29, 1.82) is 0 Å². The zero-order chi connectivity index (χ0) is 13.5. The molecule has 0 saturated carbocycles. The number of nitrogens with one attached hydrogen (secondary N) is 2. The van der Waals surface area contributed by atoms with Crippen LogP contribution in [0.1, 0.15) is 25.3 Å². The lowest BCUT2D eigenvalue weighted by molar-refractivity contribution is -0.120. The number of rotatable bonds is 7. The number of hydrogen-bond donors (Lipinski definition) is 2. The third-order valence-electron chi connectivity index (χ3n) is 2.90. The molecule has 0 fully saturated rings. The Labute approximate surface area is 113 Å². The first-order valence-corrected chi connectivity index (χ1v) is 6.65. The Morgan fingerprint density at radius 3 is 3.00 bits per heavy atom. The number of hydrogen-bond acceptors (Lipinski definition) is 4. The van der Waals surface area contributed by atoms with Crippen molar-refractivity contribution in [1.82, 2.24) is 10.6 Å². The van der Waals surface area contributed by atoms with E-state index in [9.17, 15) is 4.79 Å². The van der Waals surface area contributed by atoms with Crippen LogP contribution in [0.3, 0.4) is 0 Å². The van der Waals surface area contributed by atoms with Gasteiger partial charge in [-0.15, -0.1) is 0 Å². The molecule has 104 valence electrons. The average molecular weight is 264 g/mol. The van der Waals surface area contributed by atoms with Gasteiger partial charge in [0.25, 0.3) is 0 Å². The molecule has 1 aliphatic heterocycles. The number of unbranched alkanes of at least 4 members (excludes halogenated alkanes) is 1. The lowest BCUT2D eigenvalue weighted by atomic mass is 10.2. The summed E-state index contributed by atoms with van der Waals surface area (Å²) < 4.78 is 10.5. The van der Waals surface area contributed by atoms with Gasteiger partial charge in [-0.1, -0.05) is 19.4 Å². The number of carbonyl (C=O) groups excluding carboxylic acids is 1. The van der Waals surface area contributed by atoms with Gasteiger partial charge in [-0.3, -0.25) is 4.79 Å². The summed E-state index contributed by atoms with van der Waals surface area (Å²) in [5.41, 5.74) is 1.07. The Morgan fingerprint density at radius 2 is 2.16 bits per heavy atom. The van der Waals surface area contributed by atoms with E-state index in [0.717, 1.165) is 36.4 Å². The lowest BCUT2D eigenvalue weighted by Gasteiger charge is -2.07. The van der Waals surface area contributed by atoms with E-state index < -0.39 is 0 Å². The van der Waals surface area contributed by atoms with Gasteiger partial charge in [-0.25, -0.2) is 0 Å². The van der Waals surface area contributed by atoms with E-state index in [1.165, 1.54) is 0 Å². The minimum atomic E-state index is 0.0363. The SMILES string of the molecule is CCCCNC(=O)CNCc1ccc2c(c1)OCO2. The second kappa shape index (κ2) is 6.99. The predicted octanol–water partition coefficient (Wildman–Crippen LogP) is 1.42. The van der Waals surface area contributed by atoms with Crippen molar-refractivity contribution in [2.75, 3.05) is 19.9 Å². The number of carbonyl (C=O) groups is 1. The summed E-state index contributed by atoms with van der Waals surface area (Å²) in [6.07, 6.45) is 2.11. The quantitative estimate of drug-likeness (QED) is 0.731. The van der Waals surface area contributed by atoms with Crippen molar-refractivity contribution in [3.8, 4) is 11.5 Å². The summed E-state index contributed by atoms with van der Waals surface area (Å²) in [5.74, 6) is 1.59. The topological polar surface area (TPSA) is 59.6 Å². The van der Waals surface area contributed by atoms with Gasteiger partial charge in [-0.2, -0.15) is 0 Å².